The molecule has 0 saturated carbocycles. The minimum atomic E-state index is -0.402. The van der Waals surface area contributed by atoms with Crippen LogP contribution in [0.2, 0.25) is 0 Å². The monoisotopic (exact) mass is 270 g/mol. The first kappa shape index (κ1) is 18.1. The number of carbonyl (C=O) groups is 2. The van der Waals surface area contributed by atoms with E-state index in [1.54, 1.807) is 6.92 Å². The van der Waals surface area contributed by atoms with Crippen molar-refractivity contribution in [3.8, 4) is 0 Å². The van der Waals surface area contributed by atoms with Crippen molar-refractivity contribution in [2.45, 2.75) is 85.2 Å². The fourth-order valence-electron chi connectivity index (χ4n) is 2.38. The van der Waals surface area contributed by atoms with Crippen LogP contribution in [0.4, 0.5) is 0 Å². The van der Waals surface area contributed by atoms with Gasteiger partial charge in [-0.15, -0.1) is 0 Å². The van der Waals surface area contributed by atoms with Crippen molar-refractivity contribution >= 4 is 11.8 Å². The van der Waals surface area contributed by atoms with Gasteiger partial charge in [0.15, 0.2) is 0 Å². The molecule has 0 bridgehead atoms. The second kappa shape index (κ2) is 9.11. The molecule has 0 aliphatic carbocycles. The number of hydrogen-bond acceptors (Lipinski definition) is 3. The average molecular weight is 270 g/mol. The summed E-state index contributed by atoms with van der Waals surface area (Å²) in [6, 6.07) is 0. The van der Waals surface area contributed by atoms with Crippen molar-refractivity contribution in [3.63, 3.8) is 0 Å². The second-order valence-corrected chi connectivity index (χ2v) is 6.24. The Morgan fingerprint density at radius 3 is 2.32 bits per heavy atom. The second-order valence-electron chi connectivity index (χ2n) is 6.24. The number of esters is 1. The average Bonchev–Trinajstić information content (AvgIpc) is 2.24. The lowest BCUT2D eigenvalue weighted by atomic mass is 9.91. The van der Waals surface area contributed by atoms with Gasteiger partial charge >= 0.3 is 5.97 Å². The molecule has 19 heavy (non-hydrogen) atoms. The third kappa shape index (κ3) is 10.7. The number of unbranched alkanes of at least 4 members (excludes halogenated alkanes) is 1. The van der Waals surface area contributed by atoms with E-state index in [1.807, 2.05) is 13.8 Å². The van der Waals surface area contributed by atoms with E-state index in [0.29, 0.717) is 25.2 Å². The molecule has 3 heteroatoms. The molecule has 3 nitrogen and oxygen atoms in total. The van der Waals surface area contributed by atoms with Gasteiger partial charge in [0.05, 0.1) is 0 Å². The van der Waals surface area contributed by atoms with Crippen molar-refractivity contribution in [2.75, 3.05) is 0 Å². The van der Waals surface area contributed by atoms with Crippen LogP contribution >= 0.6 is 0 Å². The van der Waals surface area contributed by atoms with E-state index in [9.17, 15) is 9.59 Å². The minimum Gasteiger partial charge on any atom is -0.460 e. The molecule has 0 aromatic rings. The molecular weight excluding hydrogens is 240 g/mol. The van der Waals surface area contributed by atoms with Gasteiger partial charge in [0.25, 0.3) is 0 Å². The van der Waals surface area contributed by atoms with Gasteiger partial charge in [-0.2, -0.15) is 0 Å². The fraction of sp³-hybridized carbons (Fsp3) is 0.875. The molecule has 0 amide bonds. The predicted molar refractivity (Wildman–Crippen MR) is 78.0 cm³/mol. The molecule has 1 atom stereocenters. The molecule has 0 N–H and O–H groups in total. The lowest BCUT2D eigenvalue weighted by Gasteiger charge is -2.28. The van der Waals surface area contributed by atoms with Crippen LogP contribution in [0.3, 0.4) is 0 Å². The third-order valence-electron chi connectivity index (χ3n) is 3.19. The molecule has 0 aromatic carbocycles. The van der Waals surface area contributed by atoms with Gasteiger partial charge in [-0.3, -0.25) is 4.79 Å². The zero-order valence-corrected chi connectivity index (χ0v) is 13.3. The van der Waals surface area contributed by atoms with Gasteiger partial charge in [0.2, 0.25) is 0 Å². The maximum absolute atomic E-state index is 11.7. The van der Waals surface area contributed by atoms with E-state index in [-0.39, 0.29) is 11.8 Å². The maximum atomic E-state index is 11.7. The summed E-state index contributed by atoms with van der Waals surface area (Å²) in [7, 11) is 0. The Morgan fingerprint density at radius 2 is 1.79 bits per heavy atom. The van der Waals surface area contributed by atoms with Crippen molar-refractivity contribution in [2.24, 2.45) is 5.92 Å². The molecule has 0 aromatic heterocycles. The summed E-state index contributed by atoms with van der Waals surface area (Å²) >= 11 is 0. The Bertz CT molecular complexity index is 282. The van der Waals surface area contributed by atoms with Crippen LogP contribution in [0.5, 0.6) is 0 Å². The van der Waals surface area contributed by atoms with Crippen molar-refractivity contribution in [1.82, 2.24) is 0 Å². The summed E-state index contributed by atoms with van der Waals surface area (Å²) in [5, 5.41) is 0. The number of rotatable bonds is 10. The van der Waals surface area contributed by atoms with E-state index in [4.69, 9.17) is 4.74 Å². The predicted octanol–water partition coefficient (Wildman–Crippen LogP) is 4.28. The summed E-state index contributed by atoms with van der Waals surface area (Å²) in [4.78, 5) is 22.5. The Kier molecular flexibility index (Phi) is 8.70. The van der Waals surface area contributed by atoms with E-state index in [0.717, 1.165) is 6.42 Å². The quantitative estimate of drug-likeness (QED) is 0.556. The number of ether oxygens (including phenoxy) is 1. The molecule has 0 radical (unpaired) electrons. The maximum Gasteiger partial charge on any atom is 0.306 e. The normalized spacial score (nSPS) is 13.1. The number of Topliss-reactive ketones (excluding diaryl/α,β-unsaturated/α-hetero) is 1. The van der Waals surface area contributed by atoms with E-state index < -0.39 is 5.60 Å². The summed E-state index contributed by atoms with van der Waals surface area (Å²) in [6.45, 7) is 9.88. The van der Waals surface area contributed by atoms with Crippen molar-refractivity contribution < 1.29 is 14.3 Å². The first-order valence-corrected chi connectivity index (χ1v) is 7.48. The number of ketones is 1. The van der Waals surface area contributed by atoms with Gasteiger partial charge in [0.1, 0.15) is 11.4 Å². The summed E-state index contributed by atoms with van der Waals surface area (Å²) in [5.41, 5.74) is -0.402. The van der Waals surface area contributed by atoms with E-state index in [2.05, 4.69) is 13.8 Å². The molecule has 0 fully saturated rings. The molecule has 112 valence electrons. The Labute approximate surface area is 118 Å². The SMILES string of the molecule is CCCCC(C)CC(C)(C)OC(=O)CCCC(C)=O. The largest absolute Gasteiger partial charge is 0.460 e. The number of hydrogen-bond donors (Lipinski definition) is 0. The standard InChI is InChI=1S/C16H30O3/c1-6-7-9-13(2)12-16(4,5)19-15(18)11-8-10-14(3)17/h13H,6-12H2,1-5H3. The van der Waals surface area contributed by atoms with Crippen LogP contribution < -0.4 is 0 Å². The van der Waals surface area contributed by atoms with Gasteiger partial charge in [-0.1, -0.05) is 33.1 Å². The highest BCUT2D eigenvalue weighted by atomic mass is 16.6. The Balaban J connectivity index is 3.98. The molecule has 0 rings (SSSR count). The van der Waals surface area contributed by atoms with Crippen LogP contribution in [0, 0.1) is 5.92 Å². The first-order chi connectivity index (χ1) is 8.76. The molecular formula is C16H30O3. The molecule has 0 saturated heterocycles. The zero-order valence-electron chi connectivity index (χ0n) is 13.3. The molecule has 0 aliphatic rings. The van der Waals surface area contributed by atoms with Gasteiger partial charge in [0, 0.05) is 12.8 Å². The van der Waals surface area contributed by atoms with Crippen LogP contribution in [0.15, 0.2) is 0 Å². The smallest absolute Gasteiger partial charge is 0.306 e. The van der Waals surface area contributed by atoms with Crippen LogP contribution in [0.1, 0.15) is 79.6 Å². The highest BCUT2D eigenvalue weighted by molar-refractivity contribution is 5.76. The van der Waals surface area contributed by atoms with Crippen molar-refractivity contribution in [1.29, 1.82) is 0 Å². The van der Waals surface area contributed by atoms with E-state index >= 15 is 0 Å². The summed E-state index contributed by atoms with van der Waals surface area (Å²) < 4.78 is 5.52. The van der Waals surface area contributed by atoms with E-state index in [1.165, 1.54) is 19.3 Å². The number of carbonyl (C=O) groups excluding carboxylic acids is 2. The van der Waals surface area contributed by atoms with Crippen LogP contribution in [-0.4, -0.2) is 17.4 Å². The molecule has 0 spiro atoms. The highest BCUT2D eigenvalue weighted by Gasteiger charge is 2.25. The lowest BCUT2D eigenvalue weighted by Crippen LogP contribution is -2.30. The molecule has 1 unspecified atom stereocenters. The Hall–Kier alpha value is -0.860. The molecule has 0 aliphatic heterocycles. The van der Waals surface area contributed by atoms with Gasteiger partial charge in [-0.05, 0) is 39.5 Å². The van der Waals surface area contributed by atoms with Gasteiger partial charge < -0.3 is 9.53 Å². The zero-order chi connectivity index (χ0) is 14.9. The fourth-order valence-corrected chi connectivity index (χ4v) is 2.38. The summed E-state index contributed by atoms with van der Waals surface area (Å²) in [5.74, 6) is 0.508. The Morgan fingerprint density at radius 1 is 1.16 bits per heavy atom. The van der Waals surface area contributed by atoms with Crippen molar-refractivity contribution in [3.05, 3.63) is 0 Å². The minimum absolute atomic E-state index is 0.125. The summed E-state index contributed by atoms with van der Waals surface area (Å²) in [6.07, 6.45) is 5.90. The highest BCUT2D eigenvalue weighted by Crippen LogP contribution is 2.24. The molecule has 0 heterocycles. The first-order valence-electron chi connectivity index (χ1n) is 7.48. The van der Waals surface area contributed by atoms with Crippen LogP contribution in [-0.2, 0) is 14.3 Å². The lowest BCUT2D eigenvalue weighted by molar-refractivity contribution is -0.158. The third-order valence-corrected chi connectivity index (χ3v) is 3.19. The topological polar surface area (TPSA) is 43.4 Å². The van der Waals surface area contributed by atoms with Crippen LogP contribution in [0.25, 0.3) is 0 Å². The van der Waals surface area contributed by atoms with Gasteiger partial charge in [-0.25, -0.2) is 0 Å².